The molecular formula is C16H21NO. The molecule has 0 aromatic heterocycles. The van der Waals surface area contributed by atoms with E-state index < -0.39 is 0 Å². The zero-order valence-corrected chi connectivity index (χ0v) is 11.1. The highest BCUT2D eigenvalue weighted by molar-refractivity contribution is 5.85. The minimum atomic E-state index is -0.319. The maximum absolute atomic E-state index is 6.30. The van der Waals surface area contributed by atoms with Gasteiger partial charge in [-0.2, -0.15) is 0 Å². The van der Waals surface area contributed by atoms with Crippen molar-refractivity contribution in [1.82, 2.24) is 0 Å². The Labute approximate surface area is 109 Å². The molecule has 0 saturated carbocycles. The van der Waals surface area contributed by atoms with Gasteiger partial charge in [-0.25, -0.2) is 0 Å². The van der Waals surface area contributed by atoms with Gasteiger partial charge in [-0.05, 0) is 36.6 Å². The van der Waals surface area contributed by atoms with E-state index in [0.717, 1.165) is 6.42 Å². The minimum absolute atomic E-state index is 0.319. The van der Waals surface area contributed by atoms with Crippen LogP contribution in [0.3, 0.4) is 0 Å². The predicted molar refractivity (Wildman–Crippen MR) is 76.7 cm³/mol. The van der Waals surface area contributed by atoms with Crippen molar-refractivity contribution in [3.05, 3.63) is 48.0 Å². The lowest BCUT2D eigenvalue weighted by molar-refractivity contribution is 0.101. The summed E-state index contributed by atoms with van der Waals surface area (Å²) < 4.78 is 5.46. The van der Waals surface area contributed by atoms with Gasteiger partial charge in [0.25, 0.3) is 0 Å². The Bertz CT molecular complexity index is 514. The van der Waals surface area contributed by atoms with Gasteiger partial charge in [-0.1, -0.05) is 42.5 Å². The fraction of sp³-hybridized carbons (Fsp3) is 0.375. The summed E-state index contributed by atoms with van der Waals surface area (Å²) in [5, 5.41) is 2.55. The van der Waals surface area contributed by atoms with Crippen LogP contribution in [-0.4, -0.2) is 18.8 Å². The van der Waals surface area contributed by atoms with Gasteiger partial charge in [-0.3, -0.25) is 0 Å². The highest BCUT2D eigenvalue weighted by Crippen LogP contribution is 2.22. The standard InChI is InChI=1S/C16H21NO/c1-3-18-12-16(2,17)11-14-9-6-8-13-7-4-5-10-15(13)14/h4-10H,3,11-12,17H2,1-2H3. The van der Waals surface area contributed by atoms with Crippen molar-refractivity contribution in [1.29, 1.82) is 0 Å². The van der Waals surface area contributed by atoms with Crippen LogP contribution in [0.15, 0.2) is 42.5 Å². The van der Waals surface area contributed by atoms with E-state index in [1.807, 2.05) is 13.8 Å². The molecule has 0 spiro atoms. The quantitative estimate of drug-likeness (QED) is 0.875. The maximum Gasteiger partial charge on any atom is 0.0646 e. The van der Waals surface area contributed by atoms with Crippen molar-refractivity contribution in [3.63, 3.8) is 0 Å². The van der Waals surface area contributed by atoms with Gasteiger partial charge in [0.15, 0.2) is 0 Å². The van der Waals surface area contributed by atoms with Gasteiger partial charge in [0, 0.05) is 12.1 Å². The smallest absolute Gasteiger partial charge is 0.0646 e. The average Bonchev–Trinajstić information content (AvgIpc) is 2.37. The second-order valence-corrected chi connectivity index (χ2v) is 5.11. The van der Waals surface area contributed by atoms with Crippen molar-refractivity contribution >= 4 is 10.8 Å². The van der Waals surface area contributed by atoms with Crippen LogP contribution in [0.25, 0.3) is 10.8 Å². The first kappa shape index (κ1) is 13.1. The monoisotopic (exact) mass is 243 g/mol. The first-order chi connectivity index (χ1) is 8.62. The molecule has 96 valence electrons. The van der Waals surface area contributed by atoms with E-state index in [4.69, 9.17) is 10.5 Å². The highest BCUT2D eigenvalue weighted by Gasteiger charge is 2.20. The molecule has 0 aliphatic heterocycles. The van der Waals surface area contributed by atoms with Crippen LogP contribution in [-0.2, 0) is 11.2 Å². The number of nitrogens with two attached hydrogens (primary N) is 1. The zero-order valence-electron chi connectivity index (χ0n) is 11.1. The molecule has 1 unspecified atom stereocenters. The van der Waals surface area contributed by atoms with Gasteiger partial charge in [0.1, 0.15) is 0 Å². The van der Waals surface area contributed by atoms with Gasteiger partial charge < -0.3 is 10.5 Å². The lowest BCUT2D eigenvalue weighted by Gasteiger charge is -2.25. The first-order valence-electron chi connectivity index (χ1n) is 6.46. The molecule has 0 heterocycles. The zero-order chi connectivity index (χ0) is 13.0. The van der Waals surface area contributed by atoms with Crippen molar-refractivity contribution < 1.29 is 4.74 Å². The lowest BCUT2D eigenvalue weighted by atomic mass is 9.91. The van der Waals surface area contributed by atoms with Gasteiger partial charge in [0.05, 0.1) is 6.61 Å². The Morgan fingerprint density at radius 1 is 1.11 bits per heavy atom. The van der Waals surface area contributed by atoms with Gasteiger partial charge in [0.2, 0.25) is 0 Å². The number of hydrogen-bond donors (Lipinski definition) is 1. The third-order valence-corrected chi connectivity index (χ3v) is 3.11. The van der Waals surface area contributed by atoms with E-state index in [0.29, 0.717) is 13.2 Å². The molecule has 0 radical (unpaired) electrons. The lowest BCUT2D eigenvalue weighted by Crippen LogP contribution is -2.43. The summed E-state index contributed by atoms with van der Waals surface area (Å²) in [5.41, 5.74) is 7.27. The summed E-state index contributed by atoms with van der Waals surface area (Å²) in [6, 6.07) is 14.8. The molecule has 0 aliphatic rings. The molecule has 2 rings (SSSR count). The van der Waals surface area contributed by atoms with E-state index in [9.17, 15) is 0 Å². The average molecular weight is 243 g/mol. The van der Waals surface area contributed by atoms with Crippen LogP contribution in [0.2, 0.25) is 0 Å². The molecule has 2 aromatic rings. The van der Waals surface area contributed by atoms with Crippen molar-refractivity contribution in [2.24, 2.45) is 5.73 Å². The molecule has 2 N–H and O–H groups in total. The number of rotatable bonds is 5. The van der Waals surface area contributed by atoms with Crippen LogP contribution in [0.5, 0.6) is 0 Å². The van der Waals surface area contributed by atoms with E-state index in [2.05, 4.69) is 42.5 Å². The summed E-state index contributed by atoms with van der Waals surface area (Å²) in [4.78, 5) is 0. The molecule has 0 amide bonds. The summed E-state index contributed by atoms with van der Waals surface area (Å²) in [5.74, 6) is 0. The second kappa shape index (κ2) is 5.51. The number of fused-ring (bicyclic) bond motifs is 1. The number of ether oxygens (including phenoxy) is 1. The summed E-state index contributed by atoms with van der Waals surface area (Å²) in [7, 11) is 0. The van der Waals surface area contributed by atoms with Crippen molar-refractivity contribution in [2.75, 3.05) is 13.2 Å². The van der Waals surface area contributed by atoms with Crippen LogP contribution in [0.4, 0.5) is 0 Å². The SMILES string of the molecule is CCOCC(C)(N)Cc1cccc2ccccc12. The van der Waals surface area contributed by atoms with E-state index in [1.165, 1.54) is 16.3 Å². The minimum Gasteiger partial charge on any atom is -0.380 e. The fourth-order valence-corrected chi connectivity index (χ4v) is 2.27. The molecule has 0 bridgehead atoms. The van der Waals surface area contributed by atoms with Crippen molar-refractivity contribution in [3.8, 4) is 0 Å². The first-order valence-corrected chi connectivity index (χ1v) is 6.46. The molecule has 1 atom stereocenters. The molecule has 0 saturated heterocycles. The second-order valence-electron chi connectivity index (χ2n) is 5.11. The van der Waals surface area contributed by atoms with E-state index in [-0.39, 0.29) is 5.54 Å². The third kappa shape index (κ3) is 3.09. The van der Waals surface area contributed by atoms with Crippen LogP contribution >= 0.6 is 0 Å². The molecule has 2 heteroatoms. The molecule has 0 aliphatic carbocycles. The van der Waals surface area contributed by atoms with Crippen LogP contribution < -0.4 is 5.73 Å². The summed E-state index contributed by atoms with van der Waals surface area (Å²) in [6.45, 7) is 5.34. The molecule has 0 fully saturated rings. The molecule has 2 nitrogen and oxygen atoms in total. The molecule has 2 aromatic carbocycles. The Kier molecular flexibility index (Phi) is 4.00. The number of benzene rings is 2. The van der Waals surface area contributed by atoms with Gasteiger partial charge >= 0.3 is 0 Å². The topological polar surface area (TPSA) is 35.2 Å². The summed E-state index contributed by atoms with van der Waals surface area (Å²) in [6.07, 6.45) is 0.828. The highest BCUT2D eigenvalue weighted by atomic mass is 16.5. The van der Waals surface area contributed by atoms with Crippen LogP contribution in [0.1, 0.15) is 19.4 Å². The Morgan fingerprint density at radius 3 is 2.61 bits per heavy atom. The third-order valence-electron chi connectivity index (χ3n) is 3.11. The van der Waals surface area contributed by atoms with Crippen molar-refractivity contribution in [2.45, 2.75) is 25.8 Å². The Hall–Kier alpha value is -1.38. The normalized spacial score (nSPS) is 14.6. The number of hydrogen-bond acceptors (Lipinski definition) is 2. The van der Waals surface area contributed by atoms with Crippen LogP contribution in [0, 0.1) is 0 Å². The summed E-state index contributed by atoms with van der Waals surface area (Å²) >= 11 is 0. The largest absolute Gasteiger partial charge is 0.380 e. The van der Waals surface area contributed by atoms with E-state index in [1.54, 1.807) is 0 Å². The molecule has 18 heavy (non-hydrogen) atoms. The molecular weight excluding hydrogens is 222 g/mol. The van der Waals surface area contributed by atoms with E-state index >= 15 is 0 Å². The maximum atomic E-state index is 6.30. The Balaban J connectivity index is 2.26. The fourth-order valence-electron chi connectivity index (χ4n) is 2.27. The van der Waals surface area contributed by atoms with Gasteiger partial charge in [-0.15, -0.1) is 0 Å². The Morgan fingerprint density at radius 2 is 1.83 bits per heavy atom. The predicted octanol–water partition coefficient (Wildman–Crippen LogP) is 3.14.